The molecule has 0 atom stereocenters. The van der Waals surface area contributed by atoms with E-state index in [1.807, 2.05) is 38.1 Å². The monoisotopic (exact) mass is 438 g/mol. The van der Waals surface area contributed by atoms with E-state index in [1.54, 1.807) is 0 Å². The number of aryl methyl sites for hydroxylation is 2. The van der Waals surface area contributed by atoms with Gasteiger partial charge in [0.2, 0.25) is 11.8 Å². The van der Waals surface area contributed by atoms with Gasteiger partial charge in [0.25, 0.3) is 0 Å². The van der Waals surface area contributed by atoms with E-state index in [0.29, 0.717) is 12.3 Å². The molecule has 2 aromatic rings. The van der Waals surface area contributed by atoms with Crippen molar-refractivity contribution in [2.45, 2.75) is 47.2 Å². The third-order valence-electron chi connectivity index (χ3n) is 5.52. The summed E-state index contributed by atoms with van der Waals surface area (Å²) in [4.78, 5) is 42.0. The number of hydrogen-bond acceptors (Lipinski definition) is 4. The average molecular weight is 439 g/mol. The second kappa shape index (κ2) is 9.80. The van der Waals surface area contributed by atoms with Crippen LogP contribution in [-0.2, 0) is 29.1 Å². The number of nitrogens with one attached hydrogen (secondary N) is 2. The van der Waals surface area contributed by atoms with Gasteiger partial charge in [-0.25, -0.2) is 4.79 Å². The van der Waals surface area contributed by atoms with Gasteiger partial charge in [0.05, 0.1) is 13.1 Å². The molecule has 0 unspecified atom stereocenters. The average Bonchev–Trinajstić information content (AvgIpc) is 2.71. The van der Waals surface area contributed by atoms with Gasteiger partial charge in [0, 0.05) is 35.6 Å². The Balaban J connectivity index is 2.20. The number of carbonyl (C=O) groups is 3. The highest BCUT2D eigenvalue weighted by Gasteiger charge is 2.27. The van der Waals surface area contributed by atoms with Crippen molar-refractivity contribution >= 4 is 17.9 Å². The predicted octanol–water partition coefficient (Wildman–Crippen LogP) is 2.79. The molecule has 1 saturated heterocycles. The van der Waals surface area contributed by atoms with Gasteiger partial charge in [-0.15, -0.1) is 0 Å². The minimum Gasteiger partial charge on any atom is -0.465 e. The molecule has 3 rings (SSSR count). The first kappa shape index (κ1) is 23.2. The highest BCUT2D eigenvalue weighted by Crippen LogP contribution is 2.34. The van der Waals surface area contributed by atoms with Crippen LogP contribution in [0.3, 0.4) is 0 Å². The Kier molecular flexibility index (Phi) is 7.12. The Morgan fingerprint density at radius 3 is 2.50 bits per heavy atom. The topological polar surface area (TPSA) is 112 Å². The molecular weight excluding hydrogens is 408 g/mol. The lowest BCUT2D eigenvalue weighted by molar-refractivity contribution is -0.141. The van der Waals surface area contributed by atoms with Crippen LogP contribution in [0.5, 0.6) is 0 Å². The van der Waals surface area contributed by atoms with Crippen molar-refractivity contribution in [1.29, 1.82) is 0 Å². The molecule has 0 radical (unpaired) electrons. The first-order valence-electron chi connectivity index (χ1n) is 10.7. The van der Waals surface area contributed by atoms with Crippen molar-refractivity contribution in [2.24, 2.45) is 5.92 Å². The Labute approximate surface area is 188 Å². The second-order valence-electron chi connectivity index (χ2n) is 8.63. The lowest BCUT2D eigenvalue weighted by Crippen LogP contribution is -2.51. The summed E-state index contributed by atoms with van der Waals surface area (Å²) in [5.41, 5.74) is 6.16. The summed E-state index contributed by atoms with van der Waals surface area (Å²) >= 11 is 0. The van der Waals surface area contributed by atoms with E-state index in [9.17, 15) is 19.5 Å². The fourth-order valence-electron chi connectivity index (χ4n) is 3.96. The molecule has 0 bridgehead atoms. The lowest BCUT2D eigenvalue weighted by atomic mass is 9.89. The number of aromatic nitrogens is 1. The second-order valence-corrected chi connectivity index (χ2v) is 8.63. The number of amides is 3. The Hall–Kier alpha value is -3.42. The van der Waals surface area contributed by atoms with Gasteiger partial charge in [-0.05, 0) is 37.3 Å². The molecule has 0 saturated carbocycles. The smallest absolute Gasteiger partial charge is 0.404 e. The molecule has 1 aromatic carbocycles. The molecule has 32 heavy (non-hydrogen) atoms. The number of hydrogen-bond donors (Lipinski definition) is 3. The Morgan fingerprint density at radius 1 is 1.19 bits per heavy atom. The largest absolute Gasteiger partial charge is 0.465 e. The van der Waals surface area contributed by atoms with E-state index < -0.39 is 6.09 Å². The molecular formula is C24H30N4O4. The number of carbonyl (C=O) groups excluding carboxylic acids is 2. The first-order valence-corrected chi connectivity index (χ1v) is 10.7. The fraction of sp³-hybridized carbons (Fsp3) is 0.417. The maximum atomic E-state index is 12.5. The van der Waals surface area contributed by atoms with Crippen LogP contribution in [0.2, 0.25) is 0 Å². The number of rotatable bonds is 7. The summed E-state index contributed by atoms with van der Waals surface area (Å²) in [5, 5.41) is 14.3. The summed E-state index contributed by atoms with van der Waals surface area (Å²) in [6.45, 7) is 8.40. The van der Waals surface area contributed by atoms with Crippen LogP contribution in [0, 0.1) is 19.8 Å². The maximum Gasteiger partial charge on any atom is 0.404 e. The quantitative estimate of drug-likeness (QED) is 0.616. The maximum absolute atomic E-state index is 12.5. The summed E-state index contributed by atoms with van der Waals surface area (Å²) in [6.07, 6.45) is -0.415. The molecule has 3 amide bonds. The summed E-state index contributed by atoms with van der Waals surface area (Å²) in [6, 6.07) is 8.01. The fourth-order valence-corrected chi connectivity index (χ4v) is 3.96. The molecule has 0 spiro atoms. The van der Waals surface area contributed by atoms with Crippen LogP contribution in [0.25, 0.3) is 11.1 Å². The molecule has 1 aromatic heterocycles. The van der Waals surface area contributed by atoms with Crippen LogP contribution < -0.4 is 10.6 Å². The van der Waals surface area contributed by atoms with Crippen molar-refractivity contribution in [3.63, 3.8) is 0 Å². The van der Waals surface area contributed by atoms with E-state index >= 15 is 0 Å². The van der Waals surface area contributed by atoms with E-state index in [2.05, 4.69) is 24.5 Å². The van der Waals surface area contributed by atoms with Crippen LogP contribution in [0.1, 0.15) is 41.9 Å². The van der Waals surface area contributed by atoms with Gasteiger partial charge in [-0.2, -0.15) is 0 Å². The van der Waals surface area contributed by atoms with Gasteiger partial charge in [0.1, 0.15) is 0 Å². The van der Waals surface area contributed by atoms with Gasteiger partial charge in [-0.3, -0.25) is 14.6 Å². The van der Waals surface area contributed by atoms with Gasteiger partial charge in [0.15, 0.2) is 0 Å². The van der Waals surface area contributed by atoms with Crippen LogP contribution >= 0.6 is 0 Å². The molecule has 1 aliphatic heterocycles. The highest BCUT2D eigenvalue weighted by atomic mass is 16.4. The van der Waals surface area contributed by atoms with Crippen molar-refractivity contribution in [3.05, 3.63) is 52.3 Å². The standard InChI is InChI=1S/C24H30N4O4/c1-14(2)9-20-18(10-26-24(31)32)23(17-7-5-15(3)6-8-17)19(16(4)27-20)12-28-13-21(29)25-11-22(28)30/h5-8,14,26H,9-13H2,1-4H3,(H,25,29)(H,31,32). The molecule has 2 heterocycles. The zero-order valence-electron chi connectivity index (χ0n) is 19.0. The summed E-state index contributed by atoms with van der Waals surface area (Å²) in [7, 11) is 0. The number of benzene rings is 1. The van der Waals surface area contributed by atoms with Crippen LogP contribution in [0.4, 0.5) is 4.79 Å². The van der Waals surface area contributed by atoms with E-state index in [-0.39, 0.29) is 38.0 Å². The van der Waals surface area contributed by atoms with E-state index in [4.69, 9.17) is 4.98 Å². The molecule has 170 valence electrons. The lowest BCUT2D eigenvalue weighted by Gasteiger charge is -2.29. The van der Waals surface area contributed by atoms with Crippen molar-refractivity contribution in [3.8, 4) is 11.1 Å². The molecule has 8 nitrogen and oxygen atoms in total. The van der Waals surface area contributed by atoms with Gasteiger partial charge in [-0.1, -0.05) is 43.7 Å². The third-order valence-corrected chi connectivity index (χ3v) is 5.52. The normalized spacial score (nSPS) is 14.0. The number of nitrogens with zero attached hydrogens (tertiary/aromatic N) is 2. The minimum absolute atomic E-state index is 0.0118. The number of piperazine rings is 1. The first-order chi connectivity index (χ1) is 15.2. The minimum atomic E-state index is -1.11. The summed E-state index contributed by atoms with van der Waals surface area (Å²) < 4.78 is 0. The molecule has 8 heteroatoms. The molecule has 0 aliphatic carbocycles. The van der Waals surface area contributed by atoms with Crippen molar-refractivity contribution in [1.82, 2.24) is 20.5 Å². The van der Waals surface area contributed by atoms with Crippen LogP contribution in [0.15, 0.2) is 24.3 Å². The van der Waals surface area contributed by atoms with Crippen molar-refractivity contribution < 1.29 is 19.5 Å². The van der Waals surface area contributed by atoms with E-state index in [0.717, 1.165) is 39.2 Å². The SMILES string of the molecule is Cc1ccc(-c2c(CN3CC(=O)NCC3=O)c(C)nc(CC(C)C)c2CNC(=O)O)cc1. The zero-order chi connectivity index (χ0) is 23.4. The van der Waals surface area contributed by atoms with Gasteiger partial charge < -0.3 is 20.6 Å². The van der Waals surface area contributed by atoms with E-state index in [1.165, 1.54) is 4.90 Å². The third kappa shape index (κ3) is 5.43. The molecule has 3 N–H and O–H groups in total. The van der Waals surface area contributed by atoms with Crippen LogP contribution in [-0.4, -0.2) is 46.0 Å². The Bertz CT molecular complexity index is 1030. The predicted molar refractivity (Wildman–Crippen MR) is 121 cm³/mol. The van der Waals surface area contributed by atoms with Crippen molar-refractivity contribution in [2.75, 3.05) is 13.1 Å². The molecule has 1 fully saturated rings. The highest BCUT2D eigenvalue weighted by molar-refractivity contribution is 5.92. The number of pyridine rings is 1. The van der Waals surface area contributed by atoms with Gasteiger partial charge >= 0.3 is 6.09 Å². The molecule has 1 aliphatic rings. The summed E-state index contributed by atoms with van der Waals surface area (Å²) in [5.74, 6) is -0.0267. The zero-order valence-corrected chi connectivity index (χ0v) is 19.0. The number of carboxylic acid groups (broad SMARTS) is 1. The Morgan fingerprint density at radius 2 is 1.88 bits per heavy atom.